The number of aliphatic hydroxyl groups excluding tert-OH is 2. The molecule has 1 fully saturated rings. The van der Waals surface area contributed by atoms with Gasteiger partial charge >= 0.3 is 5.69 Å². The largest absolute Gasteiger partial charge is 0.387 e. The van der Waals surface area contributed by atoms with Gasteiger partial charge in [0.1, 0.15) is 18.3 Å². The van der Waals surface area contributed by atoms with Gasteiger partial charge in [-0.15, -0.1) is 0 Å². The van der Waals surface area contributed by atoms with Crippen LogP contribution >= 0.6 is 0 Å². The minimum Gasteiger partial charge on any atom is -0.387 e. The van der Waals surface area contributed by atoms with E-state index in [4.69, 9.17) is 10.5 Å². The van der Waals surface area contributed by atoms with E-state index in [1.54, 1.807) is 6.92 Å². The number of nitrogens with zero attached hydrogens (tertiary/aromatic N) is 1. The van der Waals surface area contributed by atoms with E-state index in [2.05, 4.69) is 4.98 Å². The molecule has 4 atom stereocenters. The number of aryl methyl sites for hydroxylation is 1. The third kappa shape index (κ3) is 2.35. The zero-order valence-electron chi connectivity index (χ0n) is 10.4. The Kier molecular flexibility index (Phi) is 3.85. The van der Waals surface area contributed by atoms with Crippen molar-refractivity contribution in [2.45, 2.75) is 37.9 Å². The van der Waals surface area contributed by atoms with Crippen molar-refractivity contribution in [3.8, 4) is 0 Å². The summed E-state index contributed by atoms with van der Waals surface area (Å²) in [6.45, 7) is 1.79. The number of nitrogens with one attached hydrogen (secondary N) is 1. The van der Waals surface area contributed by atoms with Crippen LogP contribution < -0.4 is 17.0 Å². The maximum absolute atomic E-state index is 11.7. The number of H-pyrrole nitrogens is 1. The van der Waals surface area contributed by atoms with Crippen LogP contribution in [0.5, 0.6) is 0 Å². The summed E-state index contributed by atoms with van der Waals surface area (Å²) in [5.74, 6) is 0. The molecule has 5 N–H and O–H groups in total. The summed E-state index contributed by atoms with van der Waals surface area (Å²) in [6, 6.07) is 0. The first kappa shape index (κ1) is 13.9. The first-order valence-electron chi connectivity index (χ1n) is 6.05. The number of hydrogen-bond donors (Lipinski definition) is 4. The van der Waals surface area contributed by atoms with Gasteiger partial charge in [-0.3, -0.25) is 14.3 Å². The molecule has 2 rings (SSSR count). The Bertz CT molecular complexity index is 566. The van der Waals surface area contributed by atoms with Crippen LogP contribution in [0.15, 0.2) is 15.8 Å². The van der Waals surface area contributed by atoms with Crippen molar-refractivity contribution < 1.29 is 14.9 Å². The van der Waals surface area contributed by atoms with Gasteiger partial charge in [0.15, 0.2) is 6.23 Å². The van der Waals surface area contributed by atoms with E-state index >= 15 is 0 Å². The summed E-state index contributed by atoms with van der Waals surface area (Å²) >= 11 is 0. The number of nitrogens with two attached hydrogens (primary N) is 1. The lowest BCUT2D eigenvalue weighted by Gasteiger charge is -2.17. The summed E-state index contributed by atoms with van der Waals surface area (Å²) < 4.78 is 6.43. The van der Waals surface area contributed by atoms with E-state index < -0.39 is 35.8 Å². The second-order valence-corrected chi connectivity index (χ2v) is 4.46. The maximum atomic E-state index is 11.7. The summed E-state index contributed by atoms with van der Waals surface area (Å²) in [6.07, 6.45) is -2.48. The molecule has 106 valence electrons. The molecule has 0 spiro atoms. The van der Waals surface area contributed by atoms with Gasteiger partial charge in [-0.05, 0) is 6.42 Å². The molecule has 1 aromatic rings. The predicted molar refractivity (Wildman–Crippen MR) is 65.7 cm³/mol. The number of ether oxygens (including phenoxy) is 1. The molecule has 1 saturated heterocycles. The second-order valence-electron chi connectivity index (χ2n) is 4.46. The molecule has 0 amide bonds. The Morgan fingerprint density at radius 3 is 2.63 bits per heavy atom. The van der Waals surface area contributed by atoms with E-state index in [-0.39, 0.29) is 6.54 Å². The molecule has 1 aliphatic heterocycles. The monoisotopic (exact) mass is 271 g/mol. The van der Waals surface area contributed by atoms with Crippen LogP contribution in [0.2, 0.25) is 0 Å². The van der Waals surface area contributed by atoms with Crippen LogP contribution in [0.4, 0.5) is 0 Å². The zero-order valence-corrected chi connectivity index (χ0v) is 10.4. The number of aliphatic hydroxyl groups is 2. The summed E-state index contributed by atoms with van der Waals surface area (Å²) in [4.78, 5) is 25.4. The van der Waals surface area contributed by atoms with E-state index in [0.29, 0.717) is 12.0 Å². The Morgan fingerprint density at radius 2 is 2.11 bits per heavy atom. The third-order valence-corrected chi connectivity index (χ3v) is 3.27. The summed E-state index contributed by atoms with van der Waals surface area (Å²) in [7, 11) is 0. The quantitative estimate of drug-likeness (QED) is 0.488. The Balaban J connectivity index is 2.43. The maximum Gasteiger partial charge on any atom is 0.330 e. The molecule has 0 aromatic carbocycles. The smallest absolute Gasteiger partial charge is 0.330 e. The van der Waals surface area contributed by atoms with Gasteiger partial charge in [-0.1, -0.05) is 6.92 Å². The lowest BCUT2D eigenvalue weighted by Crippen LogP contribution is -2.39. The summed E-state index contributed by atoms with van der Waals surface area (Å²) in [5, 5.41) is 19.6. The third-order valence-electron chi connectivity index (χ3n) is 3.27. The van der Waals surface area contributed by atoms with Gasteiger partial charge in [0.2, 0.25) is 0 Å². The highest BCUT2D eigenvalue weighted by Crippen LogP contribution is 2.27. The van der Waals surface area contributed by atoms with E-state index in [1.807, 2.05) is 0 Å². The first-order valence-corrected chi connectivity index (χ1v) is 6.05. The first-order chi connectivity index (χ1) is 8.99. The number of rotatable bonds is 3. The predicted octanol–water partition coefficient (Wildman–Crippen LogP) is -2.32. The van der Waals surface area contributed by atoms with Crippen molar-refractivity contribution in [1.29, 1.82) is 0 Å². The Labute approximate surface area is 108 Å². The highest BCUT2D eigenvalue weighted by molar-refractivity contribution is 5.05. The number of aromatic amines is 1. The molecule has 2 heterocycles. The van der Waals surface area contributed by atoms with Crippen LogP contribution in [0.3, 0.4) is 0 Å². The van der Waals surface area contributed by atoms with Gasteiger partial charge < -0.3 is 20.7 Å². The average Bonchev–Trinajstić information content (AvgIpc) is 2.67. The van der Waals surface area contributed by atoms with Gasteiger partial charge in [0.25, 0.3) is 5.56 Å². The topological polar surface area (TPSA) is 131 Å². The molecule has 1 aromatic heterocycles. The van der Waals surface area contributed by atoms with E-state index in [9.17, 15) is 19.8 Å². The molecular weight excluding hydrogens is 254 g/mol. The zero-order chi connectivity index (χ0) is 14.2. The van der Waals surface area contributed by atoms with Crippen molar-refractivity contribution >= 4 is 0 Å². The molecule has 0 unspecified atom stereocenters. The molecule has 0 bridgehead atoms. The highest BCUT2D eigenvalue weighted by atomic mass is 16.6. The second kappa shape index (κ2) is 5.25. The van der Waals surface area contributed by atoms with Gasteiger partial charge in [-0.25, -0.2) is 4.79 Å². The molecular formula is C11H17N3O5. The number of hydrogen-bond acceptors (Lipinski definition) is 6. The fraction of sp³-hybridized carbons (Fsp3) is 0.636. The molecule has 1 aliphatic rings. The van der Waals surface area contributed by atoms with Crippen molar-refractivity contribution in [2.75, 3.05) is 6.54 Å². The lowest BCUT2D eigenvalue weighted by atomic mass is 10.1. The standard InChI is InChI=1S/C11H17N3O5/c1-2-5-4-14(11(18)13-9(5)17)10-8(16)7(15)6(3-12)19-10/h4,6-8,10,15-16H,2-3,12H2,1H3,(H,13,17,18)/t6-,7-,8+,10-/m1/s1. The Hall–Kier alpha value is -1.48. The molecule has 19 heavy (non-hydrogen) atoms. The lowest BCUT2D eigenvalue weighted by molar-refractivity contribution is -0.0373. The van der Waals surface area contributed by atoms with E-state index in [0.717, 1.165) is 4.57 Å². The van der Waals surface area contributed by atoms with Crippen LogP contribution in [-0.4, -0.2) is 44.6 Å². The van der Waals surface area contributed by atoms with Crippen molar-refractivity contribution in [2.24, 2.45) is 5.73 Å². The fourth-order valence-electron chi connectivity index (χ4n) is 2.12. The summed E-state index contributed by atoms with van der Waals surface area (Å²) in [5.41, 5.74) is 4.63. The SMILES string of the molecule is CCc1cn([C@@H]2O[C@H](CN)[C@@H](O)[C@@H]2O)c(=O)[nH]c1=O. The van der Waals surface area contributed by atoms with Crippen LogP contribution in [-0.2, 0) is 11.2 Å². The highest BCUT2D eigenvalue weighted by Gasteiger charge is 2.43. The average molecular weight is 271 g/mol. The van der Waals surface area contributed by atoms with Crippen LogP contribution in [0, 0.1) is 0 Å². The molecule has 0 aliphatic carbocycles. The molecule has 0 radical (unpaired) electrons. The van der Waals surface area contributed by atoms with Crippen molar-refractivity contribution in [1.82, 2.24) is 9.55 Å². The van der Waals surface area contributed by atoms with Crippen molar-refractivity contribution in [3.05, 3.63) is 32.6 Å². The molecule has 0 saturated carbocycles. The Morgan fingerprint density at radius 1 is 1.42 bits per heavy atom. The normalized spacial score (nSPS) is 30.7. The van der Waals surface area contributed by atoms with Gasteiger partial charge in [0, 0.05) is 18.3 Å². The van der Waals surface area contributed by atoms with Gasteiger partial charge in [-0.2, -0.15) is 0 Å². The fourth-order valence-corrected chi connectivity index (χ4v) is 2.12. The molecule has 8 heteroatoms. The molecule has 8 nitrogen and oxygen atoms in total. The minimum absolute atomic E-state index is 0.0213. The number of aromatic nitrogens is 2. The van der Waals surface area contributed by atoms with Crippen LogP contribution in [0.1, 0.15) is 18.7 Å². The minimum atomic E-state index is -1.28. The van der Waals surface area contributed by atoms with Crippen LogP contribution in [0.25, 0.3) is 0 Å². The van der Waals surface area contributed by atoms with Gasteiger partial charge in [0.05, 0.1) is 0 Å². The van der Waals surface area contributed by atoms with Crippen molar-refractivity contribution in [3.63, 3.8) is 0 Å². The van der Waals surface area contributed by atoms with E-state index in [1.165, 1.54) is 6.20 Å².